The number of ether oxygens (including phenoxy) is 1. The molecule has 39 heavy (non-hydrogen) atoms. The van der Waals surface area contributed by atoms with E-state index < -0.39 is 23.6 Å². The zero-order valence-electron chi connectivity index (χ0n) is 21.4. The van der Waals surface area contributed by atoms with E-state index in [4.69, 9.17) is 9.84 Å². The number of hydrogen-bond acceptors (Lipinski definition) is 3. The minimum atomic E-state index is -4.53. The molecule has 0 radical (unpaired) electrons. The molecule has 9 heteroatoms. The lowest BCUT2D eigenvalue weighted by Crippen LogP contribution is -2.15. The van der Waals surface area contributed by atoms with Crippen LogP contribution in [0.25, 0.3) is 5.69 Å². The van der Waals surface area contributed by atoms with Gasteiger partial charge in [-0.2, -0.15) is 13.2 Å². The maximum atomic E-state index is 13.6. The molecule has 0 fully saturated rings. The number of aryl methyl sites for hydroxylation is 2. The molecule has 1 aromatic heterocycles. The summed E-state index contributed by atoms with van der Waals surface area (Å²) in [6.45, 7) is 3.69. The first-order valence-corrected chi connectivity index (χ1v) is 12.3. The van der Waals surface area contributed by atoms with E-state index in [2.05, 4.69) is 5.32 Å². The molecule has 0 unspecified atom stereocenters. The van der Waals surface area contributed by atoms with Crippen LogP contribution in [-0.4, -0.2) is 28.2 Å². The SMILES string of the molecule is Cc1cc(C(=O)Nc2cccc(OCCCc3ccc(C(=O)O)cc3)c2)c(C)n1-c1ccccc1C(F)(F)F. The van der Waals surface area contributed by atoms with Crippen LogP contribution >= 0.6 is 0 Å². The van der Waals surface area contributed by atoms with E-state index in [9.17, 15) is 22.8 Å². The number of carbonyl (C=O) groups is 2. The number of alkyl halides is 3. The number of nitrogens with zero attached hydrogens (tertiary/aromatic N) is 1. The van der Waals surface area contributed by atoms with E-state index in [1.54, 1.807) is 68.4 Å². The lowest BCUT2D eigenvalue weighted by atomic mass is 10.1. The summed E-state index contributed by atoms with van der Waals surface area (Å²) in [6.07, 6.45) is -3.12. The molecular weight excluding hydrogens is 509 g/mol. The zero-order chi connectivity index (χ0) is 28.2. The number of aromatic carboxylic acids is 1. The van der Waals surface area contributed by atoms with Crippen LogP contribution < -0.4 is 10.1 Å². The van der Waals surface area contributed by atoms with Crippen molar-refractivity contribution in [1.29, 1.82) is 0 Å². The highest BCUT2D eigenvalue weighted by molar-refractivity contribution is 6.05. The molecule has 6 nitrogen and oxygen atoms in total. The predicted molar refractivity (Wildman–Crippen MR) is 142 cm³/mol. The Labute approximate surface area is 223 Å². The third kappa shape index (κ3) is 6.49. The third-order valence-corrected chi connectivity index (χ3v) is 6.30. The quantitative estimate of drug-likeness (QED) is 0.224. The highest BCUT2D eigenvalue weighted by Gasteiger charge is 2.34. The molecule has 0 atom stereocenters. The Balaban J connectivity index is 1.41. The van der Waals surface area contributed by atoms with Gasteiger partial charge in [0.25, 0.3) is 5.91 Å². The number of carbonyl (C=O) groups excluding carboxylic acids is 1. The maximum Gasteiger partial charge on any atom is 0.418 e. The summed E-state index contributed by atoms with van der Waals surface area (Å²) in [5.74, 6) is -0.856. The van der Waals surface area contributed by atoms with Crippen LogP contribution in [-0.2, 0) is 12.6 Å². The van der Waals surface area contributed by atoms with Crippen LogP contribution in [0.2, 0.25) is 0 Å². The molecule has 0 aliphatic rings. The van der Waals surface area contributed by atoms with Gasteiger partial charge in [-0.15, -0.1) is 0 Å². The van der Waals surface area contributed by atoms with Crippen molar-refractivity contribution in [2.75, 3.05) is 11.9 Å². The fourth-order valence-electron chi connectivity index (χ4n) is 4.41. The second-order valence-corrected chi connectivity index (χ2v) is 9.07. The van der Waals surface area contributed by atoms with Crippen molar-refractivity contribution in [3.63, 3.8) is 0 Å². The predicted octanol–water partition coefficient (Wildman–Crippen LogP) is 7.08. The Morgan fingerprint density at radius 2 is 1.67 bits per heavy atom. The Hall–Kier alpha value is -4.53. The van der Waals surface area contributed by atoms with Crippen molar-refractivity contribution in [2.45, 2.75) is 32.9 Å². The van der Waals surface area contributed by atoms with Gasteiger partial charge >= 0.3 is 12.1 Å². The number of rotatable bonds is 9. The molecule has 1 heterocycles. The van der Waals surface area contributed by atoms with Gasteiger partial charge in [-0.25, -0.2) is 4.79 Å². The van der Waals surface area contributed by atoms with E-state index in [1.165, 1.54) is 22.8 Å². The Bertz CT molecular complexity index is 1490. The van der Waals surface area contributed by atoms with E-state index in [0.717, 1.165) is 11.6 Å². The summed E-state index contributed by atoms with van der Waals surface area (Å²) in [4.78, 5) is 24.0. The highest BCUT2D eigenvalue weighted by Crippen LogP contribution is 2.35. The number of carboxylic acids is 1. The Kier molecular flexibility index (Phi) is 8.09. The average molecular weight is 537 g/mol. The van der Waals surface area contributed by atoms with E-state index in [-0.39, 0.29) is 16.8 Å². The summed E-state index contributed by atoms with van der Waals surface area (Å²) in [7, 11) is 0. The van der Waals surface area contributed by atoms with E-state index in [1.807, 2.05) is 0 Å². The van der Waals surface area contributed by atoms with Crippen LogP contribution in [0.4, 0.5) is 18.9 Å². The van der Waals surface area contributed by atoms with Crippen molar-refractivity contribution in [1.82, 2.24) is 4.57 Å². The number of para-hydroxylation sites is 1. The smallest absolute Gasteiger partial charge is 0.418 e. The van der Waals surface area contributed by atoms with E-state index >= 15 is 0 Å². The van der Waals surface area contributed by atoms with Gasteiger partial charge in [0.2, 0.25) is 0 Å². The van der Waals surface area contributed by atoms with Crippen molar-refractivity contribution in [3.8, 4) is 11.4 Å². The van der Waals surface area contributed by atoms with Crippen LogP contribution in [0, 0.1) is 13.8 Å². The molecule has 4 aromatic rings. The first kappa shape index (κ1) is 27.5. The second kappa shape index (κ2) is 11.5. The Morgan fingerprint density at radius 3 is 2.36 bits per heavy atom. The van der Waals surface area contributed by atoms with Gasteiger partial charge in [-0.1, -0.05) is 30.3 Å². The molecule has 0 aliphatic heterocycles. The molecule has 0 bridgehead atoms. The molecule has 3 aromatic carbocycles. The normalized spacial score (nSPS) is 11.3. The van der Waals surface area contributed by atoms with Gasteiger partial charge in [-0.3, -0.25) is 4.79 Å². The zero-order valence-corrected chi connectivity index (χ0v) is 21.4. The molecule has 0 aliphatic carbocycles. The maximum absolute atomic E-state index is 13.6. The summed E-state index contributed by atoms with van der Waals surface area (Å²) in [5.41, 5.74) is 2.08. The van der Waals surface area contributed by atoms with Gasteiger partial charge in [-0.05, 0) is 74.7 Å². The monoisotopic (exact) mass is 536 g/mol. The summed E-state index contributed by atoms with van der Waals surface area (Å²) in [5, 5.41) is 11.8. The average Bonchev–Trinajstić information content (AvgIpc) is 3.20. The molecule has 4 rings (SSSR count). The number of carboxylic acid groups (broad SMARTS) is 1. The third-order valence-electron chi connectivity index (χ3n) is 6.30. The minimum Gasteiger partial charge on any atom is -0.494 e. The van der Waals surface area contributed by atoms with Gasteiger partial charge in [0.15, 0.2) is 0 Å². The van der Waals surface area contributed by atoms with Gasteiger partial charge in [0.1, 0.15) is 5.75 Å². The summed E-state index contributed by atoms with van der Waals surface area (Å²) >= 11 is 0. The lowest BCUT2D eigenvalue weighted by molar-refractivity contribution is -0.137. The van der Waals surface area contributed by atoms with Crippen molar-refractivity contribution < 1.29 is 32.6 Å². The number of aromatic nitrogens is 1. The number of benzene rings is 3. The van der Waals surface area contributed by atoms with Gasteiger partial charge < -0.3 is 19.7 Å². The lowest BCUT2D eigenvalue weighted by Gasteiger charge is -2.17. The molecule has 202 valence electrons. The van der Waals surface area contributed by atoms with Gasteiger partial charge in [0.05, 0.1) is 29.0 Å². The fraction of sp³-hybridized carbons (Fsp3) is 0.200. The first-order valence-electron chi connectivity index (χ1n) is 12.3. The number of anilines is 1. The Morgan fingerprint density at radius 1 is 0.949 bits per heavy atom. The van der Waals surface area contributed by atoms with Crippen LogP contribution in [0.3, 0.4) is 0 Å². The van der Waals surface area contributed by atoms with Crippen LogP contribution in [0.1, 0.15) is 49.7 Å². The van der Waals surface area contributed by atoms with E-state index in [0.29, 0.717) is 42.3 Å². The van der Waals surface area contributed by atoms with Crippen LogP contribution in [0.5, 0.6) is 5.75 Å². The number of amides is 1. The molecule has 2 N–H and O–H groups in total. The first-order chi connectivity index (χ1) is 18.5. The fourth-order valence-corrected chi connectivity index (χ4v) is 4.41. The highest BCUT2D eigenvalue weighted by atomic mass is 19.4. The second-order valence-electron chi connectivity index (χ2n) is 9.07. The van der Waals surface area contributed by atoms with Crippen molar-refractivity contribution in [3.05, 3.63) is 113 Å². The van der Waals surface area contributed by atoms with Crippen molar-refractivity contribution >= 4 is 17.6 Å². The standard InChI is InChI=1S/C30H27F3N2O4/c1-19-17-25(20(2)35(19)27-11-4-3-10-26(27)30(31,32)33)28(36)34-23-8-5-9-24(18-23)39-16-6-7-21-12-14-22(15-13-21)29(37)38/h3-5,8-15,17-18H,6-7,16H2,1-2H3,(H,34,36)(H,37,38). The topological polar surface area (TPSA) is 80.6 Å². The number of nitrogens with one attached hydrogen (secondary N) is 1. The largest absolute Gasteiger partial charge is 0.494 e. The van der Waals surface area contributed by atoms with Gasteiger partial charge in [0, 0.05) is 23.1 Å². The molecule has 0 saturated heterocycles. The molecule has 0 spiro atoms. The number of halogens is 3. The minimum absolute atomic E-state index is 0.0349. The summed E-state index contributed by atoms with van der Waals surface area (Å²) < 4.78 is 48.1. The molecule has 1 amide bonds. The molecular formula is C30H27F3N2O4. The summed E-state index contributed by atoms with van der Waals surface area (Å²) in [6, 6.07) is 20.4. The number of hydrogen-bond donors (Lipinski definition) is 2. The van der Waals surface area contributed by atoms with Crippen molar-refractivity contribution in [2.24, 2.45) is 0 Å². The molecule has 0 saturated carbocycles. The van der Waals surface area contributed by atoms with Crippen LogP contribution in [0.15, 0.2) is 78.9 Å².